The van der Waals surface area contributed by atoms with Crippen molar-refractivity contribution < 1.29 is 19.8 Å². The minimum atomic E-state index is -1.57. The molecule has 4 nitrogen and oxygen atoms in total. The molecule has 1 rings (SSSR count). The molecule has 1 aliphatic rings. The zero-order valence-electron chi connectivity index (χ0n) is 8.03. The highest BCUT2D eigenvalue weighted by molar-refractivity contribution is 6.05. The fourth-order valence-corrected chi connectivity index (χ4v) is 1.39. The third-order valence-corrected chi connectivity index (χ3v) is 2.29. The summed E-state index contributed by atoms with van der Waals surface area (Å²) in [5.74, 6) is -1.55. The minimum Gasteiger partial charge on any atom is -0.550 e. The van der Waals surface area contributed by atoms with E-state index in [0.29, 0.717) is 11.1 Å². The first-order valence-corrected chi connectivity index (χ1v) is 4.20. The predicted octanol–water partition coefficient (Wildman–Crippen LogP) is -0.667. The summed E-state index contributed by atoms with van der Waals surface area (Å²) in [5, 5.41) is 20.3. The first-order valence-electron chi connectivity index (χ1n) is 4.20. The third-order valence-electron chi connectivity index (χ3n) is 2.29. The fraction of sp³-hybridized carbons (Fsp3) is 0.400. The highest BCUT2D eigenvalue weighted by Crippen LogP contribution is 2.28. The molecule has 1 atom stereocenters. The van der Waals surface area contributed by atoms with E-state index in [2.05, 4.69) is 0 Å². The van der Waals surface area contributed by atoms with Crippen LogP contribution in [0.5, 0.6) is 0 Å². The molecule has 0 saturated carbocycles. The number of hydrogen-bond acceptors (Lipinski definition) is 4. The molecule has 0 saturated heterocycles. The van der Waals surface area contributed by atoms with E-state index < -0.39 is 18.0 Å². The summed E-state index contributed by atoms with van der Waals surface area (Å²) in [6.45, 7) is 3.05. The Bertz CT molecular complexity index is 351. The van der Waals surface area contributed by atoms with Crippen LogP contribution in [0, 0.1) is 0 Å². The summed E-state index contributed by atoms with van der Waals surface area (Å²) in [4.78, 5) is 21.6. The molecule has 1 aliphatic carbocycles. The van der Waals surface area contributed by atoms with Crippen LogP contribution in [0.1, 0.15) is 20.3 Å². The average Bonchev–Trinajstić information content (AvgIpc) is 1.99. The van der Waals surface area contributed by atoms with Gasteiger partial charge in [-0.1, -0.05) is 0 Å². The van der Waals surface area contributed by atoms with E-state index >= 15 is 0 Å². The summed E-state index contributed by atoms with van der Waals surface area (Å²) >= 11 is 0. The van der Waals surface area contributed by atoms with Crippen LogP contribution in [-0.2, 0) is 9.59 Å². The van der Waals surface area contributed by atoms with E-state index in [9.17, 15) is 19.8 Å². The Morgan fingerprint density at radius 3 is 2.64 bits per heavy atom. The molecule has 1 N–H and O–H groups in total. The number of carbonyl (C=O) groups is 2. The lowest BCUT2D eigenvalue weighted by molar-refractivity contribution is -0.308. The summed E-state index contributed by atoms with van der Waals surface area (Å²) in [6, 6.07) is 0. The van der Waals surface area contributed by atoms with Gasteiger partial charge in [0.1, 0.15) is 5.60 Å². The number of ketones is 1. The number of hydrogen-bond donors (Lipinski definition) is 1. The number of rotatable bonds is 2. The molecule has 0 fully saturated rings. The maximum Gasteiger partial charge on any atom is 0.181 e. The van der Waals surface area contributed by atoms with E-state index in [1.165, 1.54) is 26.0 Å². The van der Waals surface area contributed by atoms with Crippen molar-refractivity contribution in [2.45, 2.75) is 25.9 Å². The monoisotopic (exact) mass is 195 g/mol. The Labute approximate surface area is 81.6 Å². The number of carbonyl (C=O) groups excluding carboxylic acids is 2. The second kappa shape index (κ2) is 3.38. The molecular formula is C10H11O4-. The van der Waals surface area contributed by atoms with Gasteiger partial charge in [0.05, 0.1) is 0 Å². The van der Waals surface area contributed by atoms with Gasteiger partial charge in [-0.05, 0) is 37.1 Å². The van der Waals surface area contributed by atoms with Crippen molar-refractivity contribution >= 4 is 11.8 Å². The molecule has 76 valence electrons. The smallest absolute Gasteiger partial charge is 0.181 e. The van der Waals surface area contributed by atoms with Crippen LogP contribution in [-0.4, -0.2) is 22.5 Å². The van der Waals surface area contributed by atoms with Crippen molar-refractivity contribution in [3.8, 4) is 0 Å². The van der Waals surface area contributed by atoms with Crippen LogP contribution in [0.3, 0.4) is 0 Å². The van der Waals surface area contributed by atoms with Gasteiger partial charge >= 0.3 is 0 Å². The number of aliphatic hydroxyl groups is 1. The molecule has 1 unspecified atom stereocenters. The second-order valence-corrected chi connectivity index (χ2v) is 3.49. The van der Waals surface area contributed by atoms with Gasteiger partial charge in [-0.2, -0.15) is 0 Å². The van der Waals surface area contributed by atoms with Gasteiger partial charge in [0.2, 0.25) is 0 Å². The van der Waals surface area contributed by atoms with Crippen molar-refractivity contribution in [2.75, 3.05) is 0 Å². The summed E-state index contributed by atoms with van der Waals surface area (Å²) in [5.41, 5.74) is -0.895. The maximum absolute atomic E-state index is 11.2. The lowest BCUT2D eigenvalue weighted by Gasteiger charge is -2.29. The molecule has 0 bridgehead atoms. The van der Waals surface area contributed by atoms with Gasteiger partial charge in [0.25, 0.3) is 0 Å². The van der Waals surface area contributed by atoms with Crippen LogP contribution in [0.15, 0.2) is 23.3 Å². The zero-order valence-corrected chi connectivity index (χ0v) is 8.03. The van der Waals surface area contributed by atoms with Gasteiger partial charge in [-0.25, -0.2) is 0 Å². The largest absolute Gasteiger partial charge is 0.550 e. The van der Waals surface area contributed by atoms with Crippen LogP contribution < -0.4 is 5.11 Å². The molecule has 0 aromatic heterocycles. The topological polar surface area (TPSA) is 77.4 Å². The maximum atomic E-state index is 11.2. The normalized spacial score (nSPS) is 26.9. The SMILES string of the molecule is CC1=CC(O)(CC(=O)[O-])C(C)=CC1=O. The molecular weight excluding hydrogens is 184 g/mol. The minimum absolute atomic E-state index is 0.203. The Hall–Kier alpha value is -1.42. The highest BCUT2D eigenvalue weighted by atomic mass is 16.4. The number of carboxylic acids is 1. The molecule has 0 aromatic rings. The summed E-state index contributed by atoms with van der Waals surface area (Å²) in [7, 11) is 0. The van der Waals surface area contributed by atoms with Gasteiger partial charge in [0, 0.05) is 12.4 Å². The van der Waals surface area contributed by atoms with E-state index in [1.54, 1.807) is 0 Å². The molecule has 0 heterocycles. The van der Waals surface area contributed by atoms with E-state index in [1.807, 2.05) is 0 Å². The van der Waals surface area contributed by atoms with Gasteiger partial charge in [-0.15, -0.1) is 0 Å². The number of aliphatic carboxylic acids is 1. The molecule has 0 aromatic carbocycles. The van der Waals surface area contributed by atoms with Gasteiger partial charge < -0.3 is 15.0 Å². The quantitative estimate of drug-likeness (QED) is 0.634. The first-order chi connectivity index (χ1) is 6.35. The van der Waals surface area contributed by atoms with E-state index in [4.69, 9.17) is 0 Å². The van der Waals surface area contributed by atoms with Gasteiger partial charge in [0.15, 0.2) is 5.78 Å². The average molecular weight is 195 g/mol. The van der Waals surface area contributed by atoms with Crippen LogP contribution in [0.2, 0.25) is 0 Å². The third kappa shape index (κ3) is 1.90. The Morgan fingerprint density at radius 2 is 2.14 bits per heavy atom. The molecule has 14 heavy (non-hydrogen) atoms. The number of carboxylic acid groups (broad SMARTS) is 1. The summed E-state index contributed by atoms with van der Waals surface area (Å²) in [6.07, 6.45) is 1.98. The van der Waals surface area contributed by atoms with E-state index in [0.717, 1.165) is 0 Å². The van der Waals surface area contributed by atoms with E-state index in [-0.39, 0.29) is 5.78 Å². The molecule has 0 radical (unpaired) electrons. The van der Waals surface area contributed by atoms with Crippen molar-refractivity contribution in [2.24, 2.45) is 0 Å². The zero-order chi connectivity index (χ0) is 10.9. The number of allylic oxidation sites excluding steroid dienone is 2. The summed E-state index contributed by atoms with van der Waals surface area (Å²) < 4.78 is 0. The molecule has 0 aliphatic heterocycles. The Balaban J connectivity index is 3.05. The fourth-order valence-electron chi connectivity index (χ4n) is 1.39. The van der Waals surface area contributed by atoms with Crippen molar-refractivity contribution in [1.29, 1.82) is 0 Å². The Morgan fingerprint density at radius 1 is 1.57 bits per heavy atom. The van der Waals surface area contributed by atoms with Crippen molar-refractivity contribution in [1.82, 2.24) is 0 Å². The Kier molecular flexibility index (Phi) is 2.57. The predicted molar refractivity (Wildman–Crippen MR) is 47.1 cm³/mol. The first kappa shape index (κ1) is 10.7. The standard InChI is InChI=1S/C10H12O4/c1-6-4-10(14,5-9(12)13)7(2)3-8(6)11/h3-4,14H,5H2,1-2H3,(H,12,13)/p-1. The van der Waals surface area contributed by atoms with Crippen LogP contribution in [0.4, 0.5) is 0 Å². The second-order valence-electron chi connectivity index (χ2n) is 3.49. The lowest BCUT2D eigenvalue weighted by Crippen LogP contribution is -2.39. The highest BCUT2D eigenvalue weighted by Gasteiger charge is 2.31. The molecule has 0 amide bonds. The molecule has 4 heteroatoms. The van der Waals surface area contributed by atoms with Crippen LogP contribution in [0.25, 0.3) is 0 Å². The lowest BCUT2D eigenvalue weighted by atomic mass is 9.83. The van der Waals surface area contributed by atoms with Crippen molar-refractivity contribution in [3.05, 3.63) is 23.3 Å². The van der Waals surface area contributed by atoms with Crippen molar-refractivity contribution in [3.63, 3.8) is 0 Å². The van der Waals surface area contributed by atoms with Crippen LogP contribution >= 0.6 is 0 Å². The molecule has 0 spiro atoms. The van der Waals surface area contributed by atoms with Gasteiger partial charge in [-0.3, -0.25) is 4.79 Å².